The van der Waals surface area contributed by atoms with Crippen LogP contribution in [0.5, 0.6) is 0 Å². The van der Waals surface area contributed by atoms with Gasteiger partial charge in [-0.3, -0.25) is 4.79 Å². The first-order valence-corrected chi connectivity index (χ1v) is 6.39. The Kier molecular flexibility index (Phi) is 6.72. The number of aliphatic hydroxyl groups excluding tert-OH is 1. The molecule has 0 saturated heterocycles. The number of hydrogen-bond acceptors (Lipinski definition) is 3. The minimum Gasteiger partial charge on any atom is -0.396 e. The van der Waals surface area contributed by atoms with E-state index in [1.54, 1.807) is 24.3 Å². The third-order valence-corrected chi connectivity index (χ3v) is 2.66. The highest BCUT2D eigenvalue weighted by Gasteiger charge is 2.08. The van der Waals surface area contributed by atoms with E-state index in [0.717, 1.165) is 0 Å². The summed E-state index contributed by atoms with van der Waals surface area (Å²) in [5, 5.41) is 15.2. The summed E-state index contributed by atoms with van der Waals surface area (Å²) in [6, 6.07) is 7.14. The van der Waals surface area contributed by atoms with Gasteiger partial charge < -0.3 is 15.7 Å². The number of anilines is 1. The van der Waals surface area contributed by atoms with E-state index >= 15 is 0 Å². The highest BCUT2D eigenvalue weighted by Crippen LogP contribution is 2.15. The summed E-state index contributed by atoms with van der Waals surface area (Å²) < 4.78 is 0. The van der Waals surface area contributed by atoms with Gasteiger partial charge in [0.25, 0.3) is 0 Å². The lowest BCUT2D eigenvalue weighted by Gasteiger charge is -2.13. The summed E-state index contributed by atoms with van der Waals surface area (Å²) >= 11 is 5.83. The zero-order valence-electron chi connectivity index (χ0n) is 10.4. The monoisotopic (exact) mass is 270 g/mol. The third kappa shape index (κ3) is 6.00. The Bertz CT molecular complexity index is 385. The van der Waals surface area contributed by atoms with Crippen LogP contribution in [0.3, 0.4) is 0 Å². The van der Waals surface area contributed by atoms with Crippen molar-refractivity contribution in [3.63, 3.8) is 0 Å². The zero-order chi connectivity index (χ0) is 13.4. The Hall–Kier alpha value is -1.10. The fourth-order valence-electron chi connectivity index (χ4n) is 1.56. The quantitative estimate of drug-likeness (QED) is 0.665. The van der Waals surface area contributed by atoms with E-state index in [1.807, 2.05) is 6.92 Å². The number of amides is 1. The molecule has 0 aliphatic heterocycles. The van der Waals surface area contributed by atoms with Gasteiger partial charge in [-0.1, -0.05) is 17.7 Å². The molecule has 1 rings (SSSR count). The normalized spacial score (nSPS) is 12.2. The van der Waals surface area contributed by atoms with E-state index in [1.165, 1.54) is 0 Å². The molecule has 1 aromatic rings. The lowest BCUT2D eigenvalue weighted by molar-refractivity contribution is -0.116. The third-order valence-electron chi connectivity index (χ3n) is 2.43. The SMILES string of the molecule is CC(CC(=O)Nc1cccc(Cl)c1)NCCCO. The molecule has 0 saturated carbocycles. The lowest BCUT2D eigenvalue weighted by atomic mass is 10.2. The van der Waals surface area contributed by atoms with Crippen LogP contribution in [0.1, 0.15) is 19.8 Å². The van der Waals surface area contributed by atoms with Gasteiger partial charge in [0, 0.05) is 29.8 Å². The minimum atomic E-state index is -0.0544. The number of nitrogens with one attached hydrogen (secondary N) is 2. The van der Waals surface area contributed by atoms with E-state index in [9.17, 15) is 4.79 Å². The number of hydrogen-bond donors (Lipinski definition) is 3. The summed E-state index contributed by atoms with van der Waals surface area (Å²) in [5.74, 6) is -0.0544. The number of halogens is 1. The largest absolute Gasteiger partial charge is 0.396 e. The van der Waals surface area contributed by atoms with E-state index in [0.29, 0.717) is 30.1 Å². The standard InChI is InChI=1S/C13H19ClN2O2/c1-10(15-6-3-7-17)8-13(18)16-12-5-2-4-11(14)9-12/h2,4-5,9-10,15,17H,3,6-8H2,1H3,(H,16,18). The molecular formula is C13H19ClN2O2. The van der Waals surface area contributed by atoms with Crippen LogP contribution in [0.15, 0.2) is 24.3 Å². The lowest BCUT2D eigenvalue weighted by Crippen LogP contribution is -2.31. The van der Waals surface area contributed by atoms with E-state index in [-0.39, 0.29) is 18.6 Å². The number of aliphatic hydroxyl groups is 1. The molecule has 5 heteroatoms. The first-order valence-electron chi connectivity index (χ1n) is 6.01. The molecule has 1 aromatic carbocycles. The average Bonchev–Trinajstić information content (AvgIpc) is 2.29. The molecule has 1 amide bonds. The van der Waals surface area contributed by atoms with Crippen molar-refractivity contribution in [2.24, 2.45) is 0 Å². The Morgan fingerprint density at radius 2 is 2.28 bits per heavy atom. The Labute approximate surface area is 112 Å². The Morgan fingerprint density at radius 3 is 2.94 bits per heavy atom. The molecule has 100 valence electrons. The van der Waals surface area contributed by atoms with Gasteiger partial charge in [-0.2, -0.15) is 0 Å². The number of carbonyl (C=O) groups excluding carboxylic acids is 1. The zero-order valence-corrected chi connectivity index (χ0v) is 11.2. The molecule has 3 N–H and O–H groups in total. The highest BCUT2D eigenvalue weighted by atomic mass is 35.5. The van der Waals surface area contributed by atoms with Crippen molar-refractivity contribution in [3.8, 4) is 0 Å². The second kappa shape index (κ2) is 8.08. The fourth-order valence-corrected chi connectivity index (χ4v) is 1.75. The Morgan fingerprint density at radius 1 is 1.50 bits per heavy atom. The molecule has 0 aromatic heterocycles. The molecule has 1 unspecified atom stereocenters. The van der Waals surface area contributed by atoms with Crippen molar-refractivity contribution in [1.29, 1.82) is 0 Å². The van der Waals surface area contributed by atoms with Gasteiger partial charge in [-0.25, -0.2) is 0 Å². The van der Waals surface area contributed by atoms with Gasteiger partial charge in [0.05, 0.1) is 0 Å². The first kappa shape index (κ1) is 15.0. The van der Waals surface area contributed by atoms with Gasteiger partial charge >= 0.3 is 0 Å². The summed E-state index contributed by atoms with van der Waals surface area (Å²) in [6.07, 6.45) is 1.08. The summed E-state index contributed by atoms with van der Waals surface area (Å²) in [7, 11) is 0. The van der Waals surface area contributed by atoms with Crippen molar-refractivity contribution in [1.82, 2.24) is 5.32 Å². The minimum absolute atomic E-state index is 0.0544. The topological polar surface area (TPSA) is 61.4 Å². The van der Waals surface area contributed by atoms with Crippen molar-refractivity contribution < 1.29 is 9.90 Å². The number of benzene rings is 1. The van der Waals surface area contributed by atoms with Crippen molar-refractivity contribution in [3.05, 3.63) is 29.3 Å². The van der Waals surface area contributed by atoms with Crippen LogP contribution in [0, 0.1) is 0 Å². The highest BCUT2D eigenvalue weighted by molar-refractivity contribution is 6.30. The van der Waals surface area contributed by atoms with Crippen LogP contribution >= 0.6 is 11.6 Å². The maximum Gasteiger partial charge on any atom is 0.225 e. The van der Waals surface area contributed by atoms with Gasteiger partial charge in [0.1, 0.15) is 0 Å². The number of rotatable bonds is 7. The van der Waals surface area contributed by atoms with Crippen molar-refractivity contribution in [2.45, 2.75) is 25.8 Å². The molecule has 0 heterocycles. The molecule has 0 radical (unpaired) electrons. The molecule has 4 nitrogen and oxygen atoms in total. The predicted molar refractivity (Wildman–Crippen MR) is 73.9 cm³/mol. The van der Waals surface area contributed by atoms with Crippen LogP contribution in [-0.4, -0.2) is 30.2 Å². The van der Waals surface area contributed by atoms with Crippen molar-refractivity contribution >= 4 is 23.2 Å². The summed E-state index contributed by atoms with van der Waals surface area (Å²) in [5.41, 5.74) is 0.704. The first-order chi connectivity index (χ1) is 8.61. The van der Waals surface area contributed by atoms with Gasteiger partial charge in [0.15, 0.2) is 0 Å². The van der Waals surface area contributed by atoms with E-state index < -0.39 is 0 Å². The second-order valence-electron chi connectivity index (χ2n) is 4.19. The summed E-state index contributed by atoms with van der Waals surface area (Å²) in [4.78, 5) is 11.7. The maximum atomic E-state index is 11.7. The van der Waals surface area contributed by atoms with Gasteiger partial charge in [-0.05, 0) is 38.1 Å². The molecule has 18 heavy (non-hydrogen) atoms. The Balaban J connectivity index is 2.32. The number of carbonyl (C=O) groups is 1. The molecule has 0 bridgehead atoms. The van der Waals surface area contributed by atoms with Crippen LogP contribution in [0.4, 0.5) is 5.69 Å². The molecular weight excluding hydrogens is 252 g/mol. The van der Waals surface area contributed by atoms with E-state index in [2.05, 4.69) is 10.6 Å². The molecule has 1 atom stereocenters. The molecule has 0 aliphatic carbocycles. The molecule has 0 fully saturated rings. The molecule has 0 spiro atoms. The van der Waals surface area contributed by atoms with Crippen LogP contribution in [0.2, 0.25) is 5.02 Å². The van der Waals surface area contributed by atoms with Crippen LogP contribution in [-0.2, 0) is 4.79 Å². The predicted octanol–water partition coefficient (Wildman–Crippen LogP) is 2.03. The van der Waals surface area contributed by atoms with Crippen LogP contribution in [0.25, 0.3) is 0 Å². The maximum absolute atomic E-state index is 11.7. The average molecular weight is 271 g/mol. The fraction of sp³-hybridized carbons (Fsp3) is 0.462. The van der Waals surface area contributed by atoms with E-state index in [4.69, 9.17) is 16.7 Å². The molecule has 0 aliphatic rings. The smallest absolute Gasteiger partial charge is 0.225 e. The second-order valence-corrected chi connectivity index (χ2v) is 4.63. The summed E-state index contributed by atoms with van der Waals surface area (Å²) in [6.45, 7) is 2.81. The van der Waals surface area contributed by atoms with Gasteiger partial charge in [-0.15, -0.1) is 0 Å². The van der Waals surface area contributed by atoms with Crippen molar-refractivity contribution in [2.75, 3.05) is 18.5 Å². The van der Waals surface area contributed by atoms with Crippen LogP contribution < -0.4 is 10.6 Å². The van der Waals surface area contributed by atoms with Gasteiger partial charge in [0.2, 0.25) is 5.91 Å².